The molecule has 1 N–H and O–H groups in total. The molecule has 0 atom stereocenters. The molecule has 2 aromatic carbocycles. The highest BCUT2D eigenvalue weighted by atomic mass is 32.2. The number of nitrogens with zero attached hydrogens (tertiary/aromatic N) is 1. The van der Waals surface area contributed by atoms with Gasteiger partial charge < -0.3 is 19.1 Å². The van der Waals surface area contributed by atoms with E-state index in [1.54, 1.807) is 13.0 Å². The van der Waals surface area contributed by atoms with E-state index < -0.39 is 38.8 Å². The summed E-state index contributed by atoms with van der Waals surface area (Å²) in [6.45, 7) is 5.71. The Labute approximate surface area is 202 Å². The van der Waals surface area contributed by atoms with Gasteiger partial charge in [-0.2, -0.15) is 21.6 Å². The summed E-state index contributed by atoms with van der Waals surface area (Å²) >= 11 is 0. The quantitative estimate of drug-likeness (QED) is 0.375. The highest BCUT2D eigenvalue weighted by Crippen LogP contribution is 2.31. The molecule has 12 heteroatoms. The fourth-order valence-electron chi connectivity index (χ4n) is 3.05. The van der Waals surface area contributed by atoms with E-state index in [2.05, 4.69) is 5.32 Å². The first-order valence-electron chi connectivity index (χ1n) is 10.7. The van der Waals surface area contributed by atoms with Crippen LogP contribution in [0.25, 0.3) is 0 Å². The SMILES string of the molecule is CCOC(=O)CNC(=O)N(Cc1cccc(OS(=O)(=O)c2cccc(C(F)(F)F)c2)c1)CC(C)C. The average molecular weight is 517 g/mol. The normalized spacial score (nSPS) is 11.7. The van der Waals surface area contributed by atoms with Gasteiger partial charge in [0.25, 0.3) is 0 Å². The van der Waals surface area contributed by atoms with Gasteiger partial charge in [0, 0.05) is 13.1 Å². The molecule has 0 aromatic heterocycles. The first-order chi connectivity index (χ1) is 16.3. The van der Waals surface area contributed by atoms with Gasteiger partial charge >= 0.3 is 28.3 Å². The molecule has 2 aromatic rings. The van der Waals surface area contributed by atoms with Crippen molar-refractivity contribution in [1.29, 1.82) is 0 Å². The van der Waals surface area contributed by atoms with Crippen LogP contribution in [0.5, 0.6) is 5.75 Å². The molecule has 0 aliphatic rings. The number of hydrogen-bond acceptors (Lipinski definition) is 6. The molecule has 2 amide bonds. The van der Waals surface area contributed by atoms with Crippen LogP contribution in [0.2, 0.25) is 0 Å². The van der Waals surface area contributed by atoms with Crippen molar-refractivity contribution in [3.63, 3.8) is 0 Å². The number of urea groups is 1. The number of esters is 1. The van der Waals surface area contributed by atoms with Gasteiger partial charge in [-0.25, -0.2) is 4.79 Å². The van der Waals surface area contributed by atoms with Crippen molar-refractivity contribution in [1.82, 2.24) is 10.2 Å². The molecular formula is C23H27F3N2O6S. The molecule has 0 aliphatic heterocycles. The molecule has 0 spiro atoms. The predicted molar refractivity (Wildman–Crippen MR) is 121 cm³/mol. The number of carbonyl (C=O) groups excluding carboxylic acids is 2. The topological polar surface area (TPSA) is 102 Å². The second kappa shape index (κ2) is 11.9. The fraction of sp³-hybridized carbons (Fsp3) is 0.391. The largest absolute Gasteiger partial charge is 0.465 e. The highest BCUT2D eigenvalue weighted by molar-refractivity contribution is 7.87. The molecule has 0 aliphatic carbocycles. The second-order valence-corrected chi connectivity index (χ2v) is 9.49. The van der Waals surface area contributed by atoms with Crippen LogP contribution in [0.4, 0.5) is 18.0 Å². The van der Waals surface area contributed by atoms with Crippen LogP contribution >= 0.6 is 0 Å². The Hall–Kier alpha value is -3.28. The molecular weight excluding hydrogens is 489 g/mol. The van der Waals surface area contributed by atoms with E-state index in [9.17, 15) is 31.2 Å². The van der Waals surface area contributed by atoms with Crippen LogP contribution in [0.15, 0.2) is 53.4 Å². The standard InChI is InChI=1S/C23H27F3N2O6S/c1-4-33-21(29)13-27-22(30)28(14-16(2)3)15-17-7-5-9-19(11-17)34-35(31,32)20-10-6-8-18(12-20)23(24,25)26/h5-12,16H,4,13-15H2,1-3H3,(H,27,30). The zero-order chi connectivity index (χ0) is 26.2. The minimum atomic E-state index is -4.71. The van der Waals surface area contributed by atoms with Crippen molar-refractivity contribution >= 4 is 22.1 Å². The Bertz CT molecular complexity index is 1140. The lowest BCUT2D eigenvalue weighted by atomic mass is 10.1. The van der Waals surface area contributed by atoms with Crippen LogP contribution in [0, 0.1) is 5.92 Å². The number of benzene rings is 2. The summed E-state index contributed by atoms with van der Waals surface area (Å²) < 4.78 is 73.8. The third-order valence-electron chi connectivity index (χ3n) is 4.49. The number of ether oxygens (including phenoxy) is 1. The zero-order valence-corrected chi connectivity index (χ0v) is 20.3. The van der Waals surface area contributed by atoms with Crippen molar-refractivity contribution in [2.75, 3.05) is 19.7 Å². The maximum Gasteiger partial charge on any atom is 0.416 e. The Kier molecular flexibility index (Phi) is 9.52. The van der Waals surface area contributed by atoms with E-state index >= 15 is 0 Å². The van der Waals surface area contributed by atoms with E-state index in [1.165, 1.54) is 23.1 Å². The van der Waals surface area contributed by atoms with E-state index in [0.29, 0.717) is 18.2 Å². The first kappa shape index (κ1) is 28.0. The molecule has 0 heterocycles. The molecule has 2 rings (SSSR count). The fourth-order valence-corrected chi connectivity index (χ4v) is 4.02. The van der Waals surface area contributed by atoms with Gasteiger partial charge in [0.15, 0.2) is 0 Å². The molecule has 0 saturated heterocycles. The van der Waals surface area contributed by atoms with Crippen LogP contribution < -0.4 is 9.50 Å². The minimum Gasteiger partial charge on any atom is -0.465 e. The number of carbonyl (C=O) groups is 2. The zero-order valence-electron chi connectivity index (χ0n) is 19.5. The summed E-state index contributed by atoms with van der Waals surface area (Å²) in [7, 11) is -4.54. The first-order valence-corrected chi connectivity index (χ1v) is 12.1. The Morgan fingerprint density at radius 1 is 1.09 bits per heavy atom. The summed E-state index contributed by atoms with van der Waals surface area (Å²) in [6, 6.07) is 8.56. The Morgan fingerprint density at radius 2 is 1.77 bits per heavy atom. The van der Waals surface area contributed by atoms with Crippen LogP contribution in [0.1, 0.15) is 31.9 Å². The van der Waals surface area contributed by atoms with Crippen LogP contribution in [0.3, 0.4) is 0 Å². The van der Waals surface area contributed by atoms with Crippen molar-refractivity contribution in [3.05, 3.63) is 59.7 Å². The number of hydrogen-bond donors (Lipinski definition) is 1. The van der Waals surface area contributed by atoms with Crippen LogP contribution in [-0.2, 0) is 32.4 Å². The number of rotatable bonds is 10. The van der Waals surface area contributed by atoms with Gasteiger partial charge in [-0.1, -0.05) is 32.0 Å². The summed E-state index contributed by atoms with van der Waals surface area (Å²) in [5.74, 6) is -0.624. The van der Waals surface area contributed by atoms with Crippen molar-refractivity contribution in [2.24, 2.45) is 5.92 Å². The van der Waals surface area contributed by atoms with E-state index in [4.69, 9.17) is 8.92 Å². The molecule has 35 heavy (non-hydrogen) atoms. The monoisotopic (exact) mass is 516 g/mol. The highest BCUT2D eigenvalue weighted by Gasteiger charge is 2.32. The molecule has 0 bridgehead atoms. The summed E-state index contributed by atoms with van der Waals surface area (Å²) in [5.41, 5.74) is -0.609. The summed E-state index contributed by atoms with van der Waals surface area (Å²) in [5, 5.41) is 2.48. The third-order valence-corrected chi connectivity index (χ3v) is 5.73. The van der Waals surface area contributed by atoms with E-state index in [0.717, 1.165) is 18.2 Å². The molecule has 192 valence electrons. The van der Waals surface area contributed by atoms with E-state index in [-0.39, 0.29) is 31.4 Å². The molecule has 0 fully saturated rings. The van der Waals surface area contributed by atoms with Gasteiger partial charge in [-0.05, 0) is 48.7 Å². The molecule has 0 saturated carbocycles. The third kappa shape index (κ3) is 8.78. The van der Waals surface area contributed by atoms with Gasteiger partial charge in [0.1, 0.15) is 17.2 Å². The second-order valence-electron chi connectivity index (χ2n) is 7.95. The average Bonchev–Trinajstić information content (AvgIpc) is 2.76. The van der Waals surface area contributed by atoms with Crippen molar-refractivity contribution < 1.29 is 40.1 Å². The summed E-state index contributed by atoms with van der Waals surface area (Å²) in [4.78, 5) is 24.9. The number of nitrogens with one attached hydrogen (secondary N) is 1. The van der Waals surface area contributed by atoms with Gasteiger partial charge in [0.2, 0.25) is 0 Å². The summed E-state index contributed by atoms with van der Waals surface area (Å²) in [6.07, 6.45) is -4.71. The van der Waals surface area contributed by atoms with Crippen molar-refractivity contribution in [3.8, 4) is 5.75 Å². The number of alkyl halides is 3. The lowest BCUT2D eigenvalue weighted by Gasteiger charge is -2.25. The number of amides is 2. The maximum absolute atomic E-state index is 13.0. The lowest BCUT2D eigenvalue weighted by Crippen LogP contribution is -2.43. The van der Waals surface area contributed by atoms with Gasteiger partial charge in [-0.3, -0.25) is 4.79 Å². The van der Waals surface area contributed by atoms with Crippen LogP contribution in [-0.4, -0.2) is 45.0 Å². The van der Waals surface area contributed by atoms with Gasteiger partial charge in [-0.15, -0.1) is 0 Å². The Balaban J connectivity index is 2.18. The lowest BCUT2D eigenvalue weighted by molar-refractivity contribution is -0.142. The maximum atomic E-state index is 13.0. The minimum absolute atomic E-state index is 0.0631. The van der Waals surface area contributed by atoms with Gasteiger partial charge in [0.05, 0.1) is 12.2 Å². The van der Waals surface area contributed by atoms with E-state index in [1.807, 2.05) is 13.8 Å². The number of halogens is 3. The molecule has 0 unspecified atom stereocenters. The van der Waals surface area contributed by atoms with Crippen molar-refractivity contribution in [2.45, 2.75) is 38.4 Å². The smallest absolute Gasteiger partial charge is 0.416 e. The Morgan fingerprint density at radius 3 is 2.40 bits per heavy atom. The molecule has 8 nitrogen and oxygen atoms in total. The predicted octanol–water partition coefficient (Wildman–Crippen LogP) is 4.20. The molecule has 0 radical (unpaired) electrons.